The quantitative estimate of drug-likeness (QED) is 0.759. The summed E-state index contributed by atoms with van der Waals surface area (Å²) in [4.78, 5) is 0. The molecular weight excluding hydrogens is 196 g/mol. The first-order chi connectivity index (χ1) is 7.03. The third kappa shape index (κ3) is 1.76. The largest absolute Gasteiger partial charge is 0.321 e. The summed E-state index contributed by atoms with van der Waals surface area (Å²) in [5, 5.41) is 0. The summed E-state index contributed by atoms with van der Waals surface area (Å²) < 4.78 is 27.1. The lowest BCUT2D eigenvalue weighted by Gasteiger charge is -2.25. The third-order valence-electron chi connectivity index (χ3n) is 3.26. The van der Waals surface area contributed by atoms with Crippen LogP contribution in [0.15, 0.2) is 18.2 Å². The van der Waals surface area contributed by atoms with Gasteiger partial charge < -0.3 is 5.73 Å². The molecule has 0 heterocycles. The molecule has 1 aromatic carbocycles. The Hall–Kier alpha value is -0.960. The number of nitrogens with two attached hydrogens (primary N) is 1. The predicted molar refractivity (Wildman–Crippen MR) is 55.2 cm³/mol. The molecule has 0 radical (unpaired) electrons. The van der Waals surface area contributed by atoms with E-state index in [9.17, 15) is 8.78 Å². The highest BCUT2D eigenvalue weighted by atomic mass is 19.1. The summed E-state index contributed by atoms with van der Waals surface area (Å²) in [5.74, 6) is -0.604. The first-order valence-electron chi connectivity index (χ1n) is 5.26. The monoisotopic (exact) mass is 211 g/mol. The summed E-state index contributed by atoms with van der Waals surface area (Å²) >= 11 is 0. The molecule has 0 spiro atoms. The van der Waals surface area contributed by atoms with E-state index in [1.807, 2.05) is 0 Å². The lowest BCUT2D eigenvalue weighted by Crippen LogP contribution is -2.35. The van der Waals surface area contributed by atoms with E-state index in [2.05, 4.69) is 6.92 Å². The van der Waals surface area contributed by atoms with Crippen LogP contribution < -0.4 is 5.73 Å². The average molecular weight is 211 g/mol. The smallest absolute Gasteiger partial charge is 0.131 e. The lowest BCUT2D eigenvalue weighted by atomic mass is 9.87. The second kappa shape index (κ2) is 3.56. The predicted octanol–water partition coefficient (Wildman–Crippen LogP) is 2.94. The minimum Gasteiger partial charge on any atom is -0.321 e. The minimum atomic E-state index is -0.811. The molecule has 2 rings (SSSR count). The van der Waals surface area contributed by atoms with Crippen LogP contribution in [-0.4, -0.2) is 0 Å². The zero-order chi connectivity index (χ0) is 11.1. The van der Waals surface area contributed by atoms with Gasteiger partial charge in [0.05, 0.1) is 0 Å². The SMILES string of the molecule is CC1CCC(N)(c2c(F)cccc2F)C1. The molecule has 0 bridgehead atoms. The molecule has 15 heavy (non-hydrogen) atoms. The molecule has 2 atom stereocenters. The fraction of sp³-hybridized carbons (Fsp3) is 0.500. The Morgan fingerprint density at radius 1 is 1.33 bits per heavy atom. The van der Waals surface area contributed by atoms with Crippen LogP contribution >= 0.6 is 0 Å². The second-order valence-corrected chi connectivity index (χ2v) is 4.60. The Morgan fingerprint density at radius 3 is 2.40 bits per heavy atom. The van der Waals surface area contributed by atoms with Crippen LogP contribution in [0.3, 0.4) is 0 Å². The van der Waals surface area contributed by atoms with Gasteiger partial charge in [0.2, 0.25) is 0 Å². The summed E-state index contributed by atoms with van der Waals surface area (Å²) in [6.45, 7) is 2.06. The van der Waals surface area contributed by atoms with Crippen molar-refractivity contribution < 1.29 is 8.78 Å². The molecule has 1 saturated carbocycles. The van der Waals surface area contributed by atoms with Gasteiger partial charge in [-0.15, -0.1) is 0 Å². The van der Waals surface area contributed by atoms with Crippen molar-refractivity contribution in [3.8, 4) is 0 Å². The normalized spacial score (nSPS) is 30.8. The highest BCUT2D eigenvalue weighted by molar-refractivity contribution is 5.28. The molecule has 3 heteroatoms. The number of rotatable bonds is 1. The molecule has 1 aliphatic rings. The van der Waals surface area contributed by atoms with E-state index in [1.54, 1.807) is 0 Å². The van der Waals surface area contributed by atoms with E-state index in [0.29, 0.717) is 18.8 Å². The fourth-order valence-corrected chi connectivity index (χ4v) is 2.53. The van der Waals surface area contributed by atoms with Crippen LogP contribution in [0.5, 0.6) is 0 Å². The summed E-state index contributed by atoms with van der Waals surface area (Å²) in [7, 11) is 0. The van der Waals surface area contributed by atoms with Crippen LogP contribution in [0.2, 0.25) is 0 Å². The Labute approximate surface area is 88.3 Å². The molecule has 0 aliphatic heterocycles. The van der Waals surface area contributed by atoms with Crippen LogP contribution in [0.25, 0.3) is 0 Å². The van der Waals surface area contributed by atoms with Gasteiger partial charge in [-0.1, -0.05) is 13.0 Å². The lowest BCUT2D eigenvalue weighted by molar-refractivity contribution is 0.393. The van der Waals surface area contributed by atoms with Crippen molar-refractivity contribution in [3.05, 3.63) is 35.4 Å². The summed E-state index contributed by atoms with van der Waals surface area (Å²) in [5.41, 5.74) is 5.35. The zero-order valence-corrected chi connectivity index (χ0v) is 8.76. The Balaban J connectivity index is 2.45. The van der Waals surface area contributed by atoms with Crippen molar-refractivity contribution in [2.45, 2.75) is 31.7 Å². The topological polar surface area (TPSA) is 26.0 Å². The second-order valence-electron chi connectivity index (χ2n) is 4.60. The van der Waals surface area contributed by atoms with Gasteiger partial charge in [0.15, 0.2) is 0 Å². The highest BCUT2D eigenvalue weighted by Gasteiger charge is 2.39. The molecule has 2 N–H and O–H groups in total. The van der Waals surface area contributed by atoms with E-state index in [-0.39, 0.29) is 5.56 Å². The van der Waals surface area contributed by atoms with Crippen LogP contribution in [-0.2, 0) is 5.54 Å². The third-order valence-corrected chi connectivity index (χ3v) is 3.26. The molecule has 1 nitrogen and oxygen atoms in total. The van der Waals surface area contributed by atoms with Gasteiger partial charge in [-0.2, -0.15) is 0 Å². The van der Waals surface area contributed by atoms with Crippen LogP contribution in [0.1, 0.15) is 31.7 Å². The number of halogens is 2. The van der Waals surface area contributed by atoms with Gasteiger partial charge in [-0.25, -0.2) is 8.78 Å². The van der Waals surface area contributed by atoms with Gasteiger partial charge >= 0.3 is 0 Å². The average Bonchev–Trinajstić information content (AvgIpc) is 2.46. The number of hydrogen-bond donors (Lipinski definition) is 1. The van der Waals surface area contributed by atoms with Gasteiger partial charge in [-0.3, -0.25) is 0 Å². The number of benzene rings is 1. The van der Waals surface area contributed by atoms with Crippen molar-refractivity contribution in [2.24, 2.45) is 11.7 Å². The van der Waals surface area contributed by atoms with Crippen molar-refractivity contribution >= 4 is 0 Å². The van der Waals surface area contributed by atoms with Crippen molar-refractivity contribution in [1.29, 1.82) is 0 Å². The van der Waals surface area contributed by atoms with E-state index in [0.717, 1.165) is 6.42 Å². The molecule has 1 aromatic rings. The molecule has 2 unspecified atom stereocenters. The Bertz CT molecular complexity index is 358. The van der Waals surface area contributed by atoms with Crippen molar-refractivity contribution in [2.75, 3.05) is 0 Å². The maximum Gasteiger partial charge on any atom is 0.131 e. The molecule has 0 amide bonds. The van der Waals surface area contributed by atoms with Crippen LogP contribution in [0, 0.1) is 17.6 Å². The van der Waals surface area contributed by atoms with E-state index in [1.165, 1.54) is 18.2 Å². The number of hydrogen-bond acceptors (Lipinski definition) is 1. The highest BCUT2D eigenvalue weighted by Crippen LogP contribution is 2.41. The Morgan fingerprint density at radius 2 is 1.93 bits per heavy atom. The first kappa shape index (κ1) is 10.6. The minimum absolute atomic E-state index is 0.0642. The van der Waals surface area contributed by atoms with Crippen molar-refractivity contribution in [1.82, 2.24) is 0 Å². The van der Waals surface area contributed by atoms with Gasteiger partial charge in [0.1, 0.15) is 11.6 Å². The molecule has 1 fully saturated rings. The van der Waals surface area contributed by atoms with Gasteiger partial charge in [0.25, 0.3) is 0 Å². The molecular formula is C12H15F2N. The standard InChI is InChI=1S/C12H15F2N/c1-8-5-6-12(15,7-8)11-9(13)3-2-4-10(11)14/h2-4,8H,5-7,15H2,1H3. The molecule has 1 aliphatic carbocycles. The zero-order valence-electron chi connectivity index (χ0n) is 8.76. The molecule has 0 saturated heterocycles. The molecule has 82 valence electrons. The summed E-state index contributed by atoms with van der Waals surface area (Å²) in [6, 6.07) is 3.92. The first-order valence-corrected chi connectivity index (χ1v) is 5.26. The van der Waals surface area contributed by atoms with E-state index >= 15 is 0 Å². The summed E-state index contributed by atoms with van der Waals surface area (Å²) in [6.07, 6.45) is 2.25. The molecule has 0 aromatic heterocycles. The van der Waals surface area contributed by atoms with Gasteiger partial charge in [0, 0.05) is 11.1 Å². The van der Waals surface area contributed by atoms with Crippen LogP contribution in [0.4, 0.5) is 8.78 Å². The van der Waals surface area contributed by atoms with Crippen molar-refractivity contribution in [3.63, 3.8) is 0 Å². The van der Waals surface area contributed by atoms with Gasteiger partial charge in [-0.05, 0) is 37.3 Å². The van der Waals surface area contributed by atoms with E-state index < -0.39 is 17.2 Å². The van der Waals surface area contributed by atoms with E-state index in [4.69, 9.17) is 5.73 Å². The fourth-order valence-electron chi connectivity index (χ4n) is 2.53. The maximum absolute atomic E-state index is 13.6. The maximum atomic E-state index is 13.6. The Kier molecular flexibility index (Phi) is 2.51.